The minimum absolute atomic E-state index is 0.0201. The van der Waals surface area contributed by atoms with Gasteiger partial charge in [-0.15, -0.1) is 0 Å². The van der Waals surface area contributed by atoms with Gasteiger partial charge in [0.2, 0.25) is 29.5 Å². The third-order valence-electron chi connectivity index (χ3n) is 16.7. The van der Waals surface area contributed by atoms with Crippen LogP contribution in [0.2, 0.25) is 0 Å². The number of nitrogens with two attached hydrogens (primary N) is 1. The van der Waals surface area contributed by atoms with Crippen molar-refractivity contribution in [1.29, 1.82) is 0 Å². The van der Waals surface area contributed by atoms with Crippen LogP contribution in [0.1, 0.15) is 156 Å². The van der Waals surface area contributed by atoms with Crippen LogP contribution in [0.5, 0.6) is 0 Å². The Morgan fingerprint density at radius 3 is 1.48 bits per heavy atom. The number of likely N-dealkylation sites (tertiary alicyclic amines) is 2. The number of benzene rings is 3. The first-order chi connectivity index (χ1) is 37.3. The zero-order valence-electron chi connectivity index (χ0n) is 48.4. The first-order valence-corrected chi connectivity index (χ1v) is 28.1. The smallest absolute Gasteiger partial charge is 0.251 e. The topological polar surface area (TPSA) is 257 Å². The van der Waals surface area contributed by atoms with Crippen LogP contribution in [0.4, 0.5) is 5.69 Å². The van der Waals surface area contributed by atoms with Gasteiger partial charge in [-0.25, -0.2) is 0 Å². The zero-order chi connectivity index (χ0) is 57.7. The van der Waals surface area contributed by atoms with E-state index in [-0.39, 0.29) is 84.5 Å². The van der Waals surface area contributed by atoms with E-state index < -0.39 is 76.6 Å². The van der Waals surface area contributed by atoms with E-state index in [2.05, 4.69) is 54.7 Å². The van der Waals surface area contributed by atoms with E-state index >= 15 is 4.79 Å². The number of nitrogens with one attached hydrogen (secondary N) is 8. The summed E-state index contributed by atoms with van der Waals surface area (Å²) in [4.78, 5) is 104. The Bertz CT molecular complexity index is 2740. The molecule has 79 heavy (non-hydrogen) atoms. The van der Waals surface area contributed by atoms with Crippen molar-refractivity contribution in [2.75, 3.05) is 40.0 Å². The standard InChI is InChI=1S/C60H87N11O8/c1-34(62-10)51(72)68-49(58(3,4)5)56(77)70-32-41(30-47(70)54(75)66-45-25-17-21-36-19-13-15-23-43(36)45)64-52(73)38-27-39(29-40(61)28-38)53(74)65-42-31-48(55(76)67-46-26-18-22-37-20-14-16-24-44(37)46)71(33-42)57(78)50(59(6,7)8)69-60(9,79-12)35(2)63-11/h13-16,19-20,23-24,27-29,34-35,41-42,45-50,62-63,69H,17-18,21-22,25-26,30-33,61H2,1-12H3,(H,64,73)(H,65,74)(H,66,75)(H,67,76)(H,68,72)/t34-,35-,41-,42-,45+,46+,47-,48-,49+,50+,60?/m0/s1. The van der Waals surface area contributed by atoms with Crippen molar-refractivity contribution >= 4 is 47.0 Å². The molecule has 0 spiro atoms. The molecule has 0 radical (unpaired) electrons. The number of carbonyl (C=O) groups excluding carboxylic acids is 7. The van der Waals surface area contributed by atoms with Gasteiger partial charge in [0.05, 0.1) is 24.2 Å². The van der Waals surface area contributed by atoms with E-state index in [1.54, 1.807) is 26.0 Å². The minimum atomic E-state index is -1.01. The highest BCUT2D eigenvalue weighted by molar-refractivity contribution is 6.02. The van der Waals surface area contributed by atoms with Gasteiger partial charge >= 0.3 is 0 Å². The molecule has 0 aromatic heterocycles. The number of ether oxygens (including phenoxy) is 1. The summed E-state index contributed by atoms with van der Waals surface area (Å²) in [5.74, 6) is -3.00. The summed E-state index contributed by atoms with van der Waals surface area (Å²) < 4.78 is 5.97. The van der Waals surface area contributed by atoms with Gasteiger partial charge in [-0.2, -0.15) is 0 Å². The summed E-state index contributed by atoms with van der Waals surface area (Å²) in [6.07, 6.45) is 5.24. The highest BCUT2D eigenvalue weighted by atomic mass is 16.5. The summed E-state index contributed by atoms with van der Waals surface area (Å²) in [6.45, 7) is 16.9. The van der Waals surface area contributed by atoms with Gasteiger partial charge in [-0.3, -0.25) is 38.9 Å². The minimum Gasteiger partial charge on any atom is -0.399 e. The van der Waals surface area contributed by atoms with E-state index in [9.17, 15) is 28.8 Å². The second-order valence-electron chi connectivity index (χ2n) is 24.6. The van der Waals surface area contributed by atoms with Crippen molar-refractivity contribution in [3.05, 3.63) is 100 Å². The third kappa shape index (κ3) is 14.0. The molecule has 0 saturated carbocycles. The molecule has 2 fully saturated rings. The number of hydrogen-bond donors (Lipinski definition) is 9. The average Bonchev–Trinajstić information content (AvgIpc) is 4.05. The maximum absolute atomic E-state index is 15.1. The van der Waals surface area contributed by atoms with Crippen molar-refractivity contribution in [3.8, 4) is 0 Å². The van der Waals surface area contributed by atoms with E-state index in [1.807, 2.05) is 98.8 Å². The second-order valence-corrected chi connectivity index (χ2v) is 24.6. The van der Waals surface area contributed by atoms with Gasteiger partial charge in [0.15, 0.2) is 0 Å². The maximum atomic E-state index is 15.1. The van der Waals surface area contributed by atoms with Gasteiger partial charge < -0.3 is 57.5 Å². The zero-order valence-corrected chi connectivity index (χ0v) is 48.4. The predicted molar refractivity (Wildman–Crippen MR) is 304 cm³/mol. The molecule has 2 aliphatic carbocycles. The van der Waals surface area contributed by atoms with Crippen molar-refractivity contribution in [3.63, 3.8) is 0 Å². The molecule has 19 heteroatoms. The van der Waals surface area contributed by atoms with Crippen LogP contribution in [0.15, 0.2) is 66.7 Å². The number of rotatable bonds is 18. The number of amides is 7. The highest BCUT2D eigenvalue weighted by Crippen LogP contribution is 2.34. The molecule has 3 aromatic rings. The molecule has 0 bridgehead atoms. The fraction of sp³-hybridized carbons (Fsp3) is 0.583. The van der Waals surface area contributed by atoms with Crippen LogP contribution in [-0.2, 0) is 41.6 Å². The summed E-state index contributed by atoms with van der Waals surface area (Å²) in [5, 5.41) is 25.1. The second kappa shape index (κ2) is 24.9. The third-order valence-corrected chi connectivity index (χ3v) is 16.7. The van der Waals surface area contributed by atoms with Crippen molar-refractivity contribution in [2.45, 2.75) is 180 Å². The normalized spacial score (nSPS) is 23.4. The lowest BCUT2D eigenvalue weighted by Gasteiger charge is -2.43. The molecule has 11 atom stereocenters. The number of nitrogen functional groups attached to an aromatic ring is 1. The molecule has 3 aromatic carbocycles. The van der Waals surface area contributed by atoms with E-state index in [4.69, 9.17) is 10.5 Å². The Kier molecular flexibility index (Phi) is 19.0. The first-order valence-electron chi connectivity index (χ1n) is 28.1. The van der Waals surface area contributed by atoms with Crippen LogP contribution in [-0.4, -0.2) is 140 Å². The molecule has 19 nitrogen and oxygen atoms in total. The van der Waals surface area contributed by atoms with Crippen molar-refractivity contribution < 1.29 is 38.3 Å². The van der Waals surface area contributed by atoms with Crippen LogP contribution in [0.25, 0.3) is 0 Å². The quantitative estimate of drug-likeness (QED) is 0.0643. The Hall–Kier alpha value is -6.41. The Morgan fingerprint density at radius 2 is 1.06 bits per heavy atom. The average molecular weight is 1090 g/mol. The molecule has 430 valence electrons. The number of aryl methyl sites for hydroxylation is 2. The molecule has 2 aliphatic heterocycles. The highest BCUT2D eigenvalue weighted by Gasteiger charge is 2.49. The lowest BCUT2D eigenvalue weighted by molar-refractivity contribution is -0.146. The van der Waals surface area contributed by atoms with Crippen molar-refractivity contribution in [2.24, 2.45) is 10.8 Å². The van der Waals surface area contributed by atoms with Gasteiger partial charge in [0.1, 0.15) is 23.9 Å². The summed E-state index contributed by atoms with van der Waals surface area (Å²) >= 11 is 0. The maximum Gasteiger partial charge on any atom is 0.251 e. The molecule has 1 unspecified atom stereocenters. The molecular weight excluding hydrogens is 1000 g/mol. The van der Waals surface area contributed by atoms with Gasteiger partial charge in [0, 0.05) is 55.1 Å². The van der Waals surface area contributed by atoms with E-state index in [0.29, 0.717) is 0 Å². The summed E-state index contributed by atoms with van der Waals surface area (Å²) in [5.41, 5.74) is 8.73. The molecule has 7 rings (SSSR count). The van der Waals surface area contributed by atoms with Crippen LogP contribution < -0.4 is 48.3 Å². The summed E-state index contributed by atoms with van der Waals surface area (Å²) in [7, 11) is 5.04. The lowest BCUT2D eigenvalue weighted by Crippen LogP contribution is -2.66. The number of likely N-dealkylation sites (N-methyl/N-ethyl adjacent to an activating group) is 2. The first kappa shape index (κ1) is 60.2. The molecule has 2 heterocycles. The molecule has 4 aliphatic rings. The number of hydrogen-bond acceptors (Lipinski definition) is 12. The van der Waals surface area contributed by atoms with Crippen molar-refractivity contribution in [1.82, 2.24) is 52.3 Å². The fourth-order valence-corrected chi connectivity index (χ4v) is 11.6. The van der Waals surface area contributed by atoms with Crippen LogP contribution >= 0.6 is 0 Å². The van der Waals surface area contributed by atoms with Crippen LogP contribution in [0, 0.1) is 10.8 Å². The van der Waals surface area contributed by atoms with Gasteiger partial charge in [0.25, 0.3) is 11.8 Å². The number of nitrogens with zero attached hydrogens (tertiary/aromatic N) is 2. The summed E-state index contributed by atoms with van der Waals surface area (Å²) in [6, 6.07) is 13.9. The number of fused-ring (bicyclic) bond motifs is 2. The molecule has 7 amide bonds. The van der Waals surface area contributed by atoms with Gasteiger partial charge in [-0.05, 0) is 138 Å². The number of carbonyl (C=O) groups is 7. The molecule has 2 saturated heterocycles. The van der Waals surface area contributed by atoms with Gasteiger partial charge in [-0.1, -0.05) is 90.1 Å². The monoisotopic (exact) mass is 1090 g/mol. The molecular formula is C60H87N11O8. The van der Waals surface area contributed by atoms with E-state index in [0.717, 1.165) is 55.2 Å². The Balaban J connectivity index is 1.11. The Morgan fingerprint density at radius 1 is 0.620 bits per heavy atom. The SMILES string of the molecule is CN[C@@H](C)C(=O)N[C@H](C(=O)N1C[C@@H](NC(=O)c2cc(N)cc(C(=O)N[C@H]3C[C@@H](C(=O)N[C@@H]4CCCc5ccccc54)N(C(=O)[C@@H](NC(C)(OC)[C@H](C)NC)C(C)(C)C)C3)c2)C[C@H]1C(=O)N[C@@H]1CCCc2ccccc21)C(C)(C)C. The van der Waals surface area contributed by atoms with Crippen LogP contribution in [0.3, 0.4) is 0 Å². The molecule has 10 N–H and O–H groups in total. The number of methoxy groups -OCH3 is 1. The van der Waals surface area contributed by atoms with E-state index in [1.165, 1.54) is 28.7 Å². The largest absolute Gasteiger partial charge is 0.399 e. The Labute approximate surface area is 466 Å². The number of anilines is 1. The fourth-order valence-electron chi connectivity index (χ4n) is 11.6. The predicted octanol–water partition coefficient (Wildman–Crippen LogP) is 4.17. The lowest BCUT2D eigenvalue weighted by atomic mass is 9.84.